The summed E-state index contributed by atoms with van der Waals surface area (Å²) in [6, 6.07) is 0. The van der Waals surface area contributed by atoms with Crippen LogP contribution in [0.1, 0.15) is 6.92 Å². The van der Waals surface area contributed by atoms with Crippen molar-refractivity contribution < 1.29 is 26.3 Å². The van der Waals surface area contributed by atoms with Crippen LogP contribution in [0.5, 0.6) is 0 Å². The van der Waals surface area contributed by atoms with Crippen LogP contribution in [0, 0.1) is 0 Å². The summed E-state index contributed by atoms with van der Waals surface area (Å²) < 4.78 is 1.73. The van der Waals surface area contributed by atoms with Crippen molar-refractivity contribution in [2.24, 2.45) is 0 Å². The Kier molecular flexibility index (Phi) is 4.39. The van der Waals surface area contributed by atoms with E-state index in [-0.39, 0.29) is 27.4 Å². The molecule has 0 rings (SSSR count). The molecular formula is C3H6I2NO-. The van der Waals surface area contributed by atoms with Crippen LogP contribution in [0.4, 0.5) is 0 Å². The molecule has 0 heterocycles. The molecule has 0 aromatic heterocycles. The van der Waals surface area contributed by atoms with Gasteiger partial charge in [-0.1, -0.05) is 0 Å². The van der Waals surface area contributed by atoms with Crippen molar-refractivity contribution >= 4 is 28.8 Å². The number of amides is 1. The van der Waals surface area contributed by atoms with E-state index in [1.54, 1.807) is 8.25 Å². The van der Waals surface area contributed by atoms with Crippen LogP contribution in [-0.4, -0.2) is 12.2 Å². The van der Waals surface area contributed by atoms with Gasteiger partial charge in [0.1, 0.15) is 0 Å². The van der Waals surface area contributed by atoms with Crippen LogP contribution >= 0.6 is 22.9 Å². The second-order valence-electron chi connectivity index (χ2n) is 0.921. The van der Waals surface area contributed by atoms with Crippen molar-refractivity contribution in [1.29, 1.82) is 0 Å². The maximum atomic E-state index is 10.3. The zero-order valence-electron chi connectivity index (χ0n) is 4.11. The van der Waals surface area contributed by atoms with Gasteiger partial charge in [-0.3, -0.25) is 0 Å². The van der Waals surface area contributed by atoms with Crippen LogP contribution in [0.2, 0.25) is 0 Å². The van der Waals surface area contributed by atoms with Crippen molar-refractivity contribution in [3.8, 4) is 0 Å². The van der Waals surface area contributed by atoms with Crippen molar-refractivity contribution in [1.82, 2.24) is 1.33 Å². The van der Waals surface area contributed by atoms with E-state index >= 15 is 0 Å². The van der Waals surface area contributed by atoms with Crippen molar-refractivity contribution in [2.45, 2.75) is 6.92 Å². The number of halogens is 2. The predicted octanol–water partition coefficient (Wildman–Crippen LogP) is -2.18. The van der Waals surface area contributed by atoms with Crippen LogP contribution in [0.15, 0.2) is 0 Å². The first-order chi connectivity index (χ1) is 3.18. The molecule has 0 fully saturated rings. The van der Waals surface area contributed by atoms with Crippen LogP contribution in [-0.2, 0) is 4.79 Å². The van der Waals surface area contributed by atoms with Gasteiger partial charge in [0.25, 0.3) is 0 Å². The Bertz CT molecular complexity index is 75.3. The van der Waals surface area contributed by atoms with Crippen LogP contribution in [0.3, 0.4) is 0 Å². The fraction of sp³-hybridized carbons (Fsp3) is 0.667. The number of carbonyl (C=O) groups is 1. The minimum atomic E-state index is -0.0252. The number of alkyl halides is 1. The number of rotatable bonds is 1. The first-order valence-electron chi connectivity index (χ1n) is 1.64. The van der Waals surface area contributed by atoms with E-state index in [1.807, 2.05) is 27.8 Å². The monoisotopic (exact) mass is 326 g/mol. The van der Waals surface area contributed by atoms with Crippen LogP contribution < -0.4 is 21.5 Å². The normalized spacial score (nSPS) is 9.00. The summed E-state index contributed by atoms with van der Waals surface area (Å²) in [7, 11) is 0. The number of nitrogens with zero attached hydrogens (tertiary/aromatic N) is 1. The van der Waals surface area contributed by atoms with E-state index in [4.69, 9.17) is 0 Å². The third-order valence-electron chi connectivity index (χ3n) is 0.386. The average molecular weight is 326 g/mol. The van der Waals surface area contributed by atoms with Crippen LogP contribution in [0.25, 0.3) is 0 Å². The quantitative estimate of drug-likeness (QED) is 0.305. The molecule has 0 aliphatic rings. The van der Waals surface area contributed by atoms with E-state index in [2.05, 4.69) is 0 Å². The van der Waals surface area contributed by atoms with E-state index in [0.29, 0.717) is 0 Å². The Balaban J connectivity index is 3.34. The molecule has 4 heteroatoms. The summed E-state index contributed by atoms with van der Waals surface area (Å²) in [5.41, 5.74) is 0. The van der Waals surface area contributed by atoms with E-state index in [0.717, 1.165) is 0 Å². The molecule has 0 radical (unpaired) electrons. The van der Waals surface area contributed by atoms with Gasteiger partial charge in [-0.05, 0) is 0 Å². The molecule has 0 bridgehead atoms. The van der Waals surface area contributed by atoms with E-state index < -0.39 is 0 Å². The number of hydrogen-bond acceptors (Lipinski definition) is 1. The molecule has 2 nitrogen and oxygen atoms in total. The Labute approximate surface area is 67.8 Å². The third-order valence-corrected chi connectivity index (χ3v) is 5.04. The molecule has 0 N–H and O–H groups in total. The van der Waals surface area contributed by atoms with Crippen molar-refractivity contribution in [2.75, 3.05) is 4.93 Å². The van der Waals surface area contributed by atoms with Gasteiger partial charge in [0.2, 0.25) is 0 Å². The minimum absolute atomic E-state index is 0.0252. The SMILES string of the molecule is C[I-]N(I)C(C)=O. The molecule has 44 valence electrons. The zero-order chi connectivity index (χ0) is 5.86. The van der Waals surface area contributed by atoms with Gasteiger partial charge in [0, 0.05) is 0 Å². The molecule has 0 unspecified atom stereocenters. The maximum absolute atomic E-state index is 10.3. The molecule has 7 heavy (non-hydrogen) atoms. The predicted molar refractivity (Wildman–Crippen MR) is 32.5 cm³/mol. The number of carbonyl (C=O) groups excluding carboxylic acids is 1. The second-order valence-corrected chi connectivity index (χ2v) is 5.66. The van der Waals surface area contributed by atoms with Gasteiger partial charge in [-0.15, -0.1) is 0 Å². The standard InChI is InChI=1S/C3H6I2NO/c1-3(7)6(4)5-2/h1-2H3/q-1. The molecule has 0 aromatic rings. The first kappa shape index (κ1) is 7.93. The van der Waals surface area contributed by atoms with E-state index in [1.165, 1.54) is 0 Å². The Morgan fingerprint density at radius 3 is 2.29 bits per heavy atom. The van der Waals surface area contributed by atoms with Gasteiger partial charge in [-0.2, -0.15) is 0 Å². The zero-order valence-corrected chi connectivity index (χ0v) is 8.43. The molecule has 0 aliphatic carbocycles. The molecule has 0 spiro atoms. The summed E-state index contributed by atoms with van der Waals surface area (Å²) in [6.45, 7) is 1.58. The van der Waals surface area contributed by atoms with Crippen molar-refractivity contribution in [3.05, 3.63) is 0 Å². The van der Waals surface area contributed by atoms with Gasteiger partial charge in [0.15, 0.2) is 0 Å². The summed E-state index contributed by atoms with van der Waals surface area (Å²) in [5, 5.41) is 0. The third kappa shape index (κ3) is 3.51. The van der Waals surface area contributed by atoms with E-state index in [9.17, 15) is 4.79 Å². The fourth-order valence-corrected chi connectivity index (χ4v) is 0.798. The van der Waals surface area contributed by atoms with Gasteiger partial charge >= 0.3 is 68.2 Å². The Morgan fingerprint density at radius 1 is 1.86 bits per heavy atom. The molecule has 0 aliphatic heterocycles. The fourth-order valence-electron chi connectivity index (χ4n) is 0.119. The summed E-state index contributed by atoms with van der Waals surface area (Å²) >= 11 is 2.00. The molecule has 0 saturated carbocycles. The molecule has 0 atom stereocenters. The van der Waals surface area contributed by atoms with Gasteiger partial charge in [-0.25, -0.2) is 0 Å². The Morgan fingerprint density at radius 2 is 2.29 bits per heavy atom. The molecule has 0 saturated heterocycles. The summed E-state index contributed by atoms with van der Waals surface area (Å²) in [4.78, 5) is 12.4. The molecular weight excluding hydrogens is 320 g/mol. The second kappa shape index (κ2) is 3.88. The van der Waals surface area contributed by atoms with Gasteiger partial charge < -0.3 is 0 Å². The molecule has 1 amide bonds. The summed E-state index contributed by atoms with van der Waals surface area (Å²) in [5.74, 6) is 0.163. The average Bonchev–Trinajstić information content (AvgIpc) is 1.65. The number of hydrogen-bond donors (Lipinski definition) is 0. The molecule has 0 aromatic carbocycles. The van der Waals surface area contributed by atoms with Crippen molar-refractivity contribution in [3.63, 3.8) is 0 Å². The summed E-state index contributed by atoms with van der Waals surface area (Å²) in [6.07, 6.45) is 0. The topological polar surface area (TPSA) is 20.3 Å². The van der Waals surface area contributed by atoms with Gasteiger partial charge in [0.05, 0.1) is 0 Å². The first-order valence-corrected chi connectivity index (χ1v) is 5.73. The Hall–Kier alpha value is 0.930.